The fourth-order valence-electron chi connectivity index (χ4n) is 1.67. The molecule has 0 spiro atoms. The quantitative estimate of drug-likeness (QED) is 0.739. The van der Waals surface area contributed by atoms with E-state index in [0.717, 1.165) is 0 Å². The first kappa shape index (κ1) is 14.7. The summed E-state index contributed by atoms with van der Waals surface area (Å²) >= 11 is 0. The van der Waals surface area contributed by atoms with Crippen LogP contribution in [0.4, 0.5) is 0 Å². The Morgan fingerprint density at radius 2 is 2.00 bits per heavy atom. The van der Waals surface area contributed by atoms with Gasteiger partial charge in [-0.05, 0) is 20.8 Å². The van der Waals surface area contributed by atoms with E-state index in [4.69, 9.17) is 4.74 Å². The Balaban J connectivity index is 2.97. The number of rotatable bonds is 5. The van der Waals surface area contributed by atoms with E-state index in [1.54, 1.807) is 20.8 Å². The molecule has 7 heteroatoms. The van der Waals surface area contributed by atoms with Crippen LogP contribution in [0.1, 0.15) is 28.7 Å². The Kier molecular flexibility index (Phi) is 4.50. The molecular formula is C11H18N2O4S. The van der Waals surface area contributed by atoms with Crippen LogP contribution in [-0.2, 0) is 21.1 Å². The summed E-state index contributed by atoms with van der Waals surface area (Å²) in [4.78, 5) is 11.7. The van der Waals surface area contributed by atoms with Gasteiger partial charge in [-0.2, -0.15) is 5.10 Å². The molecule has 0 aliphatic heterocycles. The van der Waals surface area contributed by atoms with Gasteiger partial charge in [0.05, 0.1) is 30.3 Å². The molecule has 0 unspecified atom stereocenters. The standard InChI is InChI=1S/C11H18N2O4S/c1-5-17-11(14)10-8(2)12-13(9(10)3)6-7-18(4,15)16/h5-7H2,1-4H3. The van der Waals surface area contributed by atoms with Gasteiger partial charge in [0, 0.05) is 6.26 Å². The Bertz CT molecular complexity index is 546. The minimum absolute atomic E-state index is 0.00275. The third kappa shape index (κ3) is 3.56. The number of ether oxygens (including phenoxy) is 1. The number of hydrogen-bond acceptors (Lipinski definition) is 5. The molecule has 0 saturated carbocycles. The summed E-state index contributed by atoms with van der Waals surface area (Å²) in [5.74, 6) is -0.421. The van der Waals surface area contributed by atoms with Crippen molar-refractivity contribution < 1.29 is 17.9 Å². The highest BCUT2D eigenvalue weighted by molar-refractivity contribution is 7.90. The Labute approximate surface area is 107 Å². The van der Waals surface area contributed by atoms with Gasteiger partial charge in [0.2, 0.25) is 0 Å². The second-order valence-electron chi connectivity index (χ2n) is 4.12. The molecule has 1 heterocycles. The molecule has 0 fully saturated rings. The maximum absolute atomic E-state index is 11.7. The summed E-state index contributed by atoms with van der Waals surface area (Å²) in [5, 5.41) is 4.17. The number of esters is 1. The molecule has 0 aliphatic carbocycles. The summed E-state index contributed by atoms with van der Waals surface area (Å²) in [6.45, 7) is 5.71. The van der Waals surface area contributed by atoms with Crippen molar-refractivity contribution in [3.8, 4) is 0 Å². The lowest BCUT2D eigenvalue weighted by Crippen LogP contribution is -2.14. The van der Waals surface area contributed by atoms with E-state index in [1.165, 1.54) is 10.9 Å². The van der Waals surface area contributed by atoms with Gasteiger partial charge in [-0.15, -0.1) is 0 Å². The van der Waals surface area contributed by atoms with Crippen LogP contribution in [-0.4, -0.2) is 42.8 Å². The average molecular weight is 274 g/mol. The molecule has 0 amide bonds. The molecule has 0 N–H and O–H groups in total. The predicted octanol–water partition coefficient (Wildman–Crippen LogP) is 0.721. The van der Waals surface area contributed by atoms with Crippen molar-refractivity contribution in [3.05, 3.63) is 17.0 Å². The molecule has 0 radical (unpaired) electrons. The number of aryl methyl sites for hydroxylation is 2. The second kappa shape index (κ2) is 5.51. The minimum Gasteiger partial charge on any atom is -0.462 e. The molecule has 0 bridgehead atoms. The summed E-state index contributed by atoms with van der Waals surface area (Å²) in [5.41, 5.74) is 1.61. The smallest absolute Gasteiger partial charge is 0.341 e. The van der Waals surface area contributed by atoms with E-state index in [0.29, 0.717) is 23.6 Å². The van der Waals surface area contributed by atoms with E-state index in [9.17, 15) is 13.2 Å². The van der Waals surface area contributed by atoms with Gasteiger partial charge >= 0.3 is 5.97 Å². The van der Waals surface area contributed by atoms with Crippen molar-refractivity contribution in [3.63, 3.8) is 0 Å². The van der Waals surface area contributed by atoms with E-state index in [2.05, 4.69) is 5.10 Å². The van der Waals surface area contributed by atoms with Crippen LogP contribution in [0.5, 0.6) is 0 Å². The van der Waals surface area contributed by atoms with Crippen LogP contribution in [0.3, 0.4) is 0 Å². The van der Waals surface area contributed by atoms with Gasteiger partial charge in [-0.3, -0.25) is 4.68 Å². The van der Waals surface area contributed by atoms with Crippen molar-refractivity contribution >= 4 is 15.8 Å². The molecule has 0 saturated heterocycles. The van der Waals surface area contributed by atoms with Crippen molar-refractivity contribution in [1.29, 1.82) is 0 Å². The van der Waals surface area contributed by atoms with Crippen molar-refractivity contribution in [2.24, 2.45) is 0 Å². The van der Waals surface area contributed by atoms with Crippen LogP contribution in [0.2, 0.25) is 0 Å². The van der Waals surface area contributed by atoms with E-state index in [-0.39, 0.29) is 12.3 Å². The number of sulfone groups is 1. The van der Waals surface area contributed by atoms with Gasteiger partial charge < -0.3 is 4.74 Å². The number of nitrogens with zero attached hydrogens (tertiary/aromatic N) is 2. The number of carbonyl (C=O) groups excluding carboxylic acids is 1. The largest absolute Gasteiger partial charge is 0.462 e. The van der Waals surface area contributed by atoms with Gasteiger partial charge in [0.1, 0.15) is 15.4 Å². The van der Waals surface area contributed by atoms with Gasteiger partial charge in [-0.25, -0.2) is 13.2 Å². The zero-order valence-corrected chi connectivity index (χ0v) is 11.9. The molecule has 18 heavy (non-hydrogen) atoms. The SMILES string of the molecule is CCOC(=O)c1c(C)nn(CCS(C)(=O)=O)c1C. The number of aromatic nitrogens is 2. The van der Waals surface area contributed by atoms with E-state index in [1.807, 2.05) is 0 Å². The van der Waals surface area contributed by atoms with Gasteiger partial charge in [-0.1, -0.05) is 0 Å². The fraction of sp³-hybridized carbons (Fsp3) is 0.636. The normalized spacial score (nSPS) is 11.6. The number of carbonyl (C=O) groups is 1. The predicted molar refractivity (Wildman–Crippen MR) is 67.4 cm³/mol. The molecule has 102 valence electrons. The highest BCUT2D eigenvalue weighted by Crippen LogP contribution is 2.14. The van der Waals surface area contributed by atoms with Gasteiger partial charge in [0.15, 0.2) is 0 Å². The lowest BCUT2D eigenvalue weighted by Gasteiger charge is -2.04. The Hall–Kier alpha value is -1.37. The van der Waals surface area contributed by atoms with Crippen LogP contribution in [0.15, 0.2) is 0 Å². The minimum atomic E-state index is -3.05. The monoisotopic (exact) mass is 274 g/mol. The highest BCUT2D eigenvalue weighted by Gasteiger charge is 2.19. The lowest BCUT2D eigenvalue weighted by atomic mass is 10.2. The maximum atomic E-state index is 11.7. The topological polar surface area (TPSA) is 78.3 Å². The summed E-state index contributed by atoms with van der Waals surface area (Å²) in [6, 6.07) is 0. The Morgan fingerprint density at radius 1 is 1.39 bits per heavy atom. The van der Waals surface area contributed by atoms with E-state index >= 15 is 0 Å². The van der Waals surface area contributed by atoms with Crippen molar-refractivity contribution in [2.45, 2.75) is 27.3 Å². The first-order chi connectivity index (χ1) is 8.26. The van der Waals surface area contributed by atoms with E-state index < -0.39 is 15.8 Å². The zero-order valence-electron chi connectivity index (χ0n) is 11.1. The molecule has 6 nitrogen and oxygen atoms in total. The van der Waals surface area contributed by atoms with Crippen LogP contribution in [0, 0.1) is 13.8 Å². The molecule has 0 aliphatic rings. The molecule has 1 aromatic rings. The molecule has 1 rings (SSSR count). The summed E-state index contributed by atoms with van der Waals surface area (Å²) < 4.78 is 28.7. The lowest BCUT2D eigenvalue weighted by molar-refractivity contribution is 0.0524. The molecule has 0 atom stereocenters. The first-order valence-electron chi connectivity index (χ1n) is 5.65. The van der Waals surface area contributed by atoms with Crippen molar-refractivity contribution in [2.75, 3.05) is 18.6 Å². The fourth-order valence-corrected chi connectivity index (χ4v) is 2.17. The summed E-state index contributed by atoms with van der Waals surface area (Å²) in [6.07, 6.45) is 1.17. The zero-order chi connectivity index (χ0) is 13.9. The van der Waals surface area contributed by atoms with Crippen LogP contribution in [0.25, 0.3) is 0 Å². The summed E-state index contributed by atoms with van der Waals surface area (Å²) in [7, 11) is -3.05. The van der Waals surface area contributed by atoms with Crippen LogP contribution < -0.4 is 0 Å². The second-order valence-corrected chi connectivity index (χ2v) is 6.38. The maximum Gasteiger partial charge on any atom is 0.341 e. The highest BCUT2D eigenvalue weighted by atomic mass is 32.2. The van der Waals surface area contributed by atoms with Gasteiger partial charge in [0.25, 0.3) is 0 Å². The van der Waals surface area contributed by atoms with Crippen molar-refractivity contribution in [1.82, 2.24) is 9.78 Å². The Morgan fingerprint density at radius 3 is 2.50 bits per heavy atom. The average Bonchev–Trinajstić information content (AvgIpc) is 2.50. The first-order valence-corrected chi connectivity index (χ1v) is 7.71. The third-order valence-electron chi connectivity index (χ3n) is 2.53. The molecule has 0 aromatic carbocycles. The molecular weight excluding hydrogens is 256 g/mol. The third-order valence-corrected chi connectivity index (χ3v) is 3.46. The molecule has 1 aromatic heterocycles. The number of hydrogen-bond donors (Lipinski definition) is 0. The van der Waals surface area contributed by atoms with Crippen LogP contribution >= 0.6 is 0 Å².